The van der Waals surface area contributed by atoms with E-state index in [2.05, 4.69) is 5.32 Å². The van der Waals surface area contributed by atoms with Crippen molar-refractivity contribution in [2.24, 2.45) is 0 Å². The monoisotopic (exact) mass is 369 g/mol. The number of benzene rings is 2. The van der Waals surface area contributed by atoms with Crippen molar-refractivity contribution < 1.29 is 22.7 Å². The third-order valence-electron chi connectivity index (χ3n) is 4.49. The van der Waals surface area contributed by atoms with Gasteiger partial charge in [0.15, 0.2) is 0 Å². The predicted octanol–water partition coefficient (Wildman–Crippen LogP) is 4.82. The Morgan fingerprint density at radius 1 is 1.20 bits per heavy atom. The van der Waals surface area contributed by atoms with Gasteiger partial charge in [0, 0.05) is 10.7 Å². The Bertz CT molecular complexity index is 851. The highest BCUT2D eigenvalue weighted by molar-refractivity contribution is 6.30. The SMILES string of the molecule is COc1ccc2c(c1)C(C)(Cc1cc(Cl)ccc1C(F)(F)F)C(=O)N2. The van der Waals surface area contributed by atoms with E-state index in [1.807, 2.05) is 0 Å². The molecule has 0 radical (unpaired) electrons. The third-order valence-corrected chi connectivity index (χ3v) is 4.72. The highest BCUT2D eigenvalue weighted by Gasteiger charge is 2.45. The first kappa shape index (κ1) is 17.6. The minimum absolute atomic E-state index is 0.0201. The van der Waals surface area contributed by atoms with E-state index in [9.17, 15) is 18.0 Å². The van der Waals surface area contributed by atoms with Gasteiger partial charge in [-0.2, -0.15) is 13.2 Å². The molecule has 132 valence electrons. The maximum absolute atomic E-state index is 13.3. The topological polar surface area (TPSA) is 38.3 Å². The summed E-state index contributed by atoms with van der Waals surface area (Å²) in [5.74, 6) is 0.174. The Labute approximate surface area is 147 Å². The number of alkyl halides is 3. The largest absolute Gasteiger partial charge is 0.497 e. The van der Waals surface area contributed by atoms with Crippen molar-refractivity contribution in [3.8, 4) is 5.75 Å². The average Bonchev–Trinajstić information content (AvgIpc) is 2.77. The van der Waals surface area contributed by atoms with E-state index >= 15 is 0 Å². The molecular weight excluding hydrogens is 355 g/mol. The normalized spacial score (nSPS) is 19.5. The standard InChI is InChI=1S/C18H15ClF3NO2/c1-17(9-10-7-11(19)3-5-13(10)18(20,21)22)14-8-12(25-2)4-6-15(14)23-16(17)24/h3-8H,9H2,1-2H3,(H,23,24). The average molecular weight is 370 g/mol. The van der Waals surface area contributed by atoms with E-state index in [4.69, 9.17) is 16.3 Å². The van der Waals surface area contributed by atoms with Crippen LogP contribution in [0.5, 0.6) is 5.75 Å². The Morgan fingerprint density at radius 2 is 1.92 bits per heavy atom. The molecule has 1 unspecified atom stereocenters. The van der Waals surface area contributed by atoms with Gasteiger partial charge in [-0.3, -0.25) is 4.79 Å². The van der Waals surface area contributed by atoms with Crippen LogP contribution in [0.25, 0.3) is 0 Å². The second-order valence-corrected chi connectivity index (χ2v) is 6.61. The van der Waals surface area contributed by atoms with Crippen molar-refractivity contribution >= 4 is 23.2 Å². The molecule has 1 N–H and O–H groups in total. The molecule has 2 aromatic carbocycles. The number of carbonyl (C=O) groups is 1. The summed E-state index contributed by atoms with van der Waals surface area (Å²) >= 11 is 5.89. The van der Waals surface area contributed by atoms with Crippen LogP contribution in [0.2, 0.25) is 5.02 Å². The number of ether oxygens (including phenoxy) is 1. The zero-order chi connectivity index (χ0) is 18.4. The molecule has 1 aliphatic heterocycles. The van der Waals surface area contributed by atoms with E-state index < -0.39 is 17.2 Å². The molecule has 3 rings (SSSR count). The molecule has 1 amide bonds. The number of amides is 1. The molecule has 0 aromatic heterocycles. The molecule has 3 nitrogen and oxygen atoms in total. The van der Waals surface area contributed by atoms with Gasteiger partial charge >= 0.3 is 6.18 Å². The van der Waals surface area contributed by atoms with Gasteiger partial charge in [-0.05, 0) is 60.9 Å². The minimum Gasteiger partial charge on any atom is -0.497 e. The van der Waals surface area contributed by atoms with Crippen LogP contribution < -0.4 is 10.1 Å². The summed E-state index contributed by atoms with van der Waals surface area (Å²) in [6.07, 6.45) is -4.66. The maximum Gasteiger partial charge on any atom is 0.416 e. The van der Waals surface area contributed by atoms with Crippen molar-refractivity contribution in [2.45, 2.75) is 24.9 Å². The quantitative estimate of drug-likeness (QED) is 0.842. The van der Waals surface area contributed by atoms with Crippen LogP contribution in [0.1, 0.15) is 23.6 Å². The molecule has 1 atom stereocenters. The third kappa shape index (κ3) is 3.06. The van der Waals surface area contributed by atoms with E-state index in [-0.39, 0.29) is 22.9 Å². The first-order chi connectivity index (χ1) is 11.6. The number of anilines is 1. The van der Waals surface area contributed by atoms with Crippen molar-refractivity contribution in [2.75, 3.05) is 12.4 Å². The number of rotatable bonds is 3. The lowest BCUT2D eigenvalue weighted by molar-refractivity contribution is -0.138. The van der Waals surface area contributed by atoms with E-state index in [1.54, 1.807) is 25.1 Å². The molecule has 0 bridgehead atoms. The van der Waals surface area contributed by atoms with Gasteiger partial charge in [-0.15, -0.1) is 0 Å². The van der Waals surface area contributed by atoms with Gasteiger partial charge in [0.25, 0.3) is 0 Å². The van der Waals surface area contributed by atoms with Crippen LogP contribution >= 0.6 is 11.6 Å². The molecule has 0 saturated carbocycles. The minimum atomic E-state index is -4.53. The molecule has 2 aromatic rings. The fraction of sp³-hybridized carbons (Fsp3) is 0.278. The number of hydrogen-bond acceptors (Lipinski definition) is 2. The first-order valence-electron chi connectivity index (χ1n) is 7.51. The highest BCUT2D eigenvalue weighted by Crippen LogP contribution is 2.44. The summed E-state index contributed by atoms with van der Waals surface area (Å²) < 4.78 is 45.2. The predicted molar refractivity (Wildman–Crippen MR) is 89.1 cm³/mol. The summed E-state index contributed by atoms with van der Waals surface area (Å²) in [4.78, 5) is 12.5. The van der Waals surface area contributed by atoms with Crippen molar-refractivity contribution in [1.82, 2.24) is 0 Å². The zero-order valence-electron chi connectivity index (χ0n) is 13.5. The first-order valence-corrected chi connectivity index (χ1v) is 7.88. The molecule has 7 heteroatoms. The van der Waals surface area contributed by atoms with Crippen LogP contribution in [0, 0.1) is 0 Å². The maximum atomic E-state index is 13.3. The fourth-order valence-corrected chi connectivity index (χ4v) is 3.33. The molecule has 0 fully saturated rings. The summed E-state index contributed by atoms with van der Waals surface area (Å²) in [6, 6.07) is 8.44. The Kier molecular flexibility index (Phi) is 4.19. The number of halogens is 4. The summed E-state index contributed by atoms with van der Waals surface area (Å²) in [5.41, 5.74) is -0.793. The summed E-state index contributed by atoms with van der Waals surface area (Å²) in [7, 11) is 1.49. The number of carbonyl (C=O) groups excluding carboxylic acids is 1. The molecule has 25 heavy (non-hydrogen) atoms. The van der Waals surface area contributed by atoms with Crippen LogP contribution in [0.4, 0.5) is 18.9 Å². The van der Waals surface area contributed by atoms with Crippen molar-refractivity contribution in [1.29, 1.82) is 0 Å². The second kappa shape index (κ2) is 5.95. The summed E-state index contributed by atoms with van der Waals surface area (Å²) in [5, 5.41) is 2.91. The van der Waals surface area contributed by atoms with Gasteiger partial charge in [0.05, 0.1) is 18.1 Å². The van der Waals surface area contributed by atoms with Crippen molar-refractivity contribution in [3.05, 3.63) is 58.1 Å². The Morgan fingerprint density at radius 3 is 2.56 bits per heavy atom. The molecular formula is C18H15ClF3NO2. The van der Waals surface area contributed by atoms with Gasteiger partial charge in [0.2, 0.25) is 5.91 Å². The highest BCUT2D eigenvalue weighted by atomic mass is 35.5. The number of nitrogens with one attached hydrogen (secondary N) is 1. The van der Waals surface area contributed by atoms with E-state index in [0.717, 1.165) is 6.07 Å². The molecule has 1 heterocycles. The smallest absolute Gasteiger partial charge is 0.416 e. The van der Waals surface area contributed by atoms with Crippen LogP contribution in [-0.4, -0.2) is 13.0 Å². The van der Waals surface area contributed by atoms with Gasteiger partial charge < -0.3 is 10.1 Å². The summed E-state index contributed by atoms with van der Waals surface area (Å²) in [6.45, 7) is 1.62. The van der Waals surface area contributed by atoms with Gasteiger partial charge in [-0.1, -0.05) is 11.6 Å². The van der Waals surface area contributed by atoms with E-state index in [1.165, 1.54) is 19.2 Å². The lowest BCUT2D eigenvalue weighted by Gasteiger charge is -2.25. The van der Waals surface area contributed by atoms with Gasteiger partial charge in [0.1, 0.15) is 5.75 Å². The fourth-order valence-electron chi connectivity index (χ4n) is 3.14. The Balaban J connectivity index is 2.10. The lowest BCUT2D eigenvalue weighted by atomic mass is 9.77. The number of methoxy groups -OCH3 is 1. The molecule has 0 saturated heterocycles. The second-order valence-electron chi connectivity index (χ2n) is 6.17. The van der Waals surface area contributed by atoms with Crippen LogP contribution in [0.3, 0.4) is 0 Å². The number of fused-ring (bicyclic) bond motifs is 1. The van der Waals surface area contributed by atoms with Crippen molar-refractivity contribution in [3.63, 3.8) is 0 Å². The van der Waals surface area contributed by atoms with Crippen LogP contribution in [-0.2, 0) is 22.8 Å². The molecule has 1 aliphatic rings. The van der Waals surface area contributed by atoms with Crippen LogP contribution in [0.15, 0.2) is 36.4 Å². The number of hydrogen-bond donors (Lipinski definition) is 1. The molecule has 0 aliphatic carbocycles. The lowest BCUT2D eigenvalue weighted by Crippen LogP contribution is -2.34. The Hall–Kier alpha value is -2.21. The van der Waals surface area contributed by atoms with E-state index in [0.29, 0.717) is 17.0 Å². The van der Waals surface area contributed by atoms with Gasteiger partial charge in [-0.25, -0.2) is 0 Å². The zero-order valence-corrected chi connectivity index (χ0v) is 14.3. The molecule has 0 spiro atoms.